The van der Waals surface area contributed by atoms with Crippen LogP contribution in [-0.2, 0) is 11.3 Å². The molecule has 2 aromatic carbocycles. The molecular formula is C19H18N2O3. The van der Waals surface area contributed by atoms with Crippen molar-refractivity contribution in [2.45, 2.75) is 13.5 Å². The van der Waals surface area contributed by atoms with Crippen LogP contribution in [0.2, 0.25) is 0 Å². The zero-order valence-corrected chi connectivity index (χ0v) is 13.6. The second kappa shape index (κ2) is 6.58. The van der Waals surface area contributed by atoms with Crippen LogP contribution in [0.4, 0.5) is 0 Å². The largest absolute Gasteiger partial charge is 0.504 e. The van der Waals surface area contributed by atoms with E-state index < -0.39 is 0 Å². The van der Waals surface area contributed by atoms with E-state index in [0.717, 1.165) is 11.1 Å². The molecule has 0 bridgehead atoms. The summed E-state index contributed by atoms with van der Waals surface area (Å²) in [5.74, 6) is 0.294. The summed E-state index contributed by atoms with van der Waals surface area (Å²) in [6.07, 6.45) is 1.76. The van der Waals surface area contributed by atoms with Crippen LogP contribution >= 0.6 is 0 Å². The van der Waals surface area contributed by atoms with Gasteiger partial charge in [-0.25, -0.2) is 5.01 Å². The molecule has 1 aliphatic heterocycles. The highest BCUT2D eigenvalue weighted by Crippen LogP contribution is 2.28. The van der Waals surface area contributed by atoms with Gasteiger partial charge in [-0.3, -0.25) is 4.79 Å². The summed E-state index contributed by atoms with van der Waals surface area (Å²) in [5, 5.41) is 15.5. The van der Waals surface area contributed by atoms with Crippen LogP contribution in [0.15, 0.2) is 59.2 Å². The summed E-state index contributed by atoms with van der Waals surface area (Å²) in [5.41, 5.74) is 3.00. The number of carbonyl (C=O) groups excluding carboxylic acids is 1. The van der Waals surface area contributed by atoms with E-state index in [2.05, 4.69) is 5.10 Å². The first kappa shape index (κ1) is 15.8. The minimum Gasteiger partial charge on any atom is -0.504 e. The van der Waals surface area contributed by atoms with Crippen LogP contribution in [0.3, 0.4) is 0 Å². The van der Waals surface area contributed by atoms with Crippen LogP contribution in [0.25, 0.3) is 6.08 Å². The van der Waals surface area contributed by atoms with Crippen molar-refractivity contribution in [2.24, 2.45) is 5.10 Å². The molecule has 0 unspecified atom stereocenters. The zero-order valence-electron chi connectivity index (χ0n) is 13.6. The maximum atomic E-state index is 12.6. The summed E-state index contributed by atoms with van der Waals surface area (Å²) >= 11 is 0. The number of phenols is 1. The normalized spacial score (nSPS) is 15.8. The van der Waals surface area contributed by atoms with Crippen LogP contribution in [0, 0.1) is 0 Å². The molecule has 1 aliphatic rings. The lowest BCUT2D eigenvalue weighted by Gasteiger charge is -2.11. The Morgan fingerprint density at radius 2 is 1.96 bits per heavy atom. The number of phenolic OH excluding ortho intramolecular Hbond substituents is 1. The lowest BCUT2D eigenvalue weighted by Crippen LogP contribution is -2.21. The third kappa shape index (κ3) is 3.15. The van der Waals surface area contributed by atoms with Gasteiger partial charge in [0.25, 0.3) is 5.91 Å². The molecule has 0 radical (unpaired) electrons. The monoisotopic (exact) mass is 322 g/mol. The Morgan fingerprint density at radius 3 is 2.67 bits per heavy atom. The van der Waals surface area contributed by atoms with Gasteiger partial charge in [-0.15, -0.1) is 0 Å². The molecular weight excluding hydrogens is 304 g/mol. The number of hydrazone groups is 1. The lowest BCUT2D eigenvalue weighted by molar-refractivity contribution is -0.126. The fourth-order valence-electron chi connectivity index (χ4n) is 2.55. The van der Waals surface area contributed by atoms with Crippen LogP contribution < -0.4 is 4.74 Å². The Morgan fingerprint density at radius 1 is 1.21 bits per heavy atom. The summed E-state index contributed by atoms with van der Waals surface area (Å²) in [6, 6.07) is 14.7. The molecule has 122 valence electrons. The highest BCUT2D eigenvalue weighted by molar-refractivity contribution is 6.26. The summed E-state index contributed by atoms with van der Waals surface area (Å²) in [7, 11) is 1.49. The Labute approximate surface area is 140 Å². The number of methoxy groups -OCH3 is 1. The molecule has 5 heteroatoms. The van der Waals surface area contributed by atoms with Gasteiger partial charge >= 0.3 is 0 Å². The van der Waals surface area contributed by atoms with Gasteiger partial charge in [0.05, 0.1) is 24.9 Å². The lowest BCUT2D eigenvalue weighted by atomic mass is 10.1. The third-order valence-corrected chi connectivity index (χ3v) is 3.82. The predicted octanol–water partition coefficient (Wildman–Crippen LogP) is 3.20. The maximum Gasteiger partial charge on any atom is 0.276 e. The molecule has 0 saturated carbocycles. The smallest absolute Gasteiger partial charge is 0.276 e. The van der Waals surface area contributed by atoms with Crippen molar-refractivity contribution in [3.8, 4) is 11.5 Å². The SMILES string of the molecule is COc1cc(/C=C2/C(=O)N(Cc3ccccc3)N=C2C)ccc1O. The molecule has 1 amide bonds. The van der Waals surface area contributed by atoms with E-state index >= 15 is 0 Å². The number of hydrogen-bond acceptors (Lipinski definition) is 4. The van der Waals surface area contributed by atoms with Crippen molar-refractivity contribution in [1.29, 1.82) is 0 Å². The zero-order chi connectivity index (χ0) is 17.1. The number of amides is 1. The second-order valence-corrected chi connectivity index (χ2v) is 5.52. The second-order valence-electron chi connectivity index (χ2n) is 5.52. The number of hydrogen-bond donors (Lipinski definition) is 1. The van der Waals surface area contributed by atoms with E-state index in [1.807, 2.05) is 37.3 Å². The highest BCUT2D eigenvalue weighted by Gasteiger charge is 2.27. The van der Waals surface area contributed by atoms with Gasteiger partial charge in [0.1, 0.15) is 0 Å². The third-order valence-electron chi connectivity index (χ3n) is 3.82. The van der Waals surface area contributed by atoms with Gasteiger partial charge in [-0.1, -0.05) is 36.4 Å². The fraction of sp³-hybridized carbons (Fsp3) is 0.158. The van der Waals surface area contributed by atoms with E-state index in [1.54, 1.807) is 24.3 Å². The first-order chi connectivity index (χ1) is 11.6. The summed E-state index contributed by atoms with van der Waals surface area (Å²) < 4.78 is 5.10. The number of rotatable bonds is 4. The minimum absolute atomic E-state index is 0.0634. The highest BCUT2D eigenvalue weighted by atomic mass is 16.5. The molecule has 2 aromatic rings. The fourth-order valence-corrected chi connectivity index (χ4v) is 2.55. The molecule has 3 rings (SSSR count). The van der Waals surface area contributed by atoms with Gasteiger partial charge in [-0.2, -0.15) is 5.10 Å². The molecule has 0 fully saturated rings. The Bertz CT molecular complexity index is 826. The van der Waals surface area contributed by atoms with E-state index in [1.165, 1.54) is 12.1 Å². The topological polar surface area (TPSA) is 62.1 Å². The summed E-state index contributed by atoms with van der Waals surface area (Å²) in [6.45, 7) is 2.25. The maximum absolute atomic E-state index is 12.6. The van der Waals surface area contributed by atoms with Gasteiger partial charge in [-0.05, 0) is 36.3 Å². The number of benzene rings is 2. The number of nitrogens with zero attached hydrogens (tertiary/aromatic N) is 2. The van der Waals surface area contributed by atoms with Gasteiger partial charge in [0.2, 0.25) is 0 Å². The number of ether oxygens (including phenoxy) is 1. The van der Waals surface area contributed by atoms with Gasteiger partial charge < -0.3 is 9.84 Å². The van der Waals surface area contributed by atoms with E-state index in [9.17, 15) is 9.90 Å². The molecule has 0 atom stereocenters. The number of carbonyl (C=O) groups is 1. The standard InChI is InChI=1S/C19H18N2O3/c1-13-16(10-15-8-9-17(22)18(11-15)24-2)19(23)21(20-13)12-14-6-4-3-5-7-14/h3-11,22H,12H2,1-2H3/b16-10+. The van der Waals surface area contributed by atoms with Crippen molar-refractivity contribution >= 4 is 17.7 Å². The Hall–Kier alpha value is -3.08. The molecule has 0 spiro atoms. The van der Waals surface area contributed by atoms with Gasteiger partial charge in [0, 0.05) is 0 Å². The van der Waals surface area contributed by atoms with Crippen molar-refractivity contribution in [3.05, 3.63) is 65.2 Å². The van der Waals surface area contributed by atoms with E-state index in [-0.39, 0.29) is 11.7 Å². The van der Waals surface area contributed by atoms with Crippen LogP contribution in [0.5, 0.6) is 11.5 Å². The molecule has 1 heterocycles. The minimum atomic E-state index is -0.136. The molecule has 0 aromatic heterocycles. The predicted molar refractivity (Wildman–Crippen MR) is 92.7 cm³/mol. The molecule has 0 aliphatic carbocycles. The quantitative estimate of drug-likeness (QED) is 0.879. The van der Waals surface area contributed by atoms with Crippen molar-refractivity contribution in [1.82, 2.24) is 5.01 Å². The first-order valence-electron chi connectivity index (χ1n) is 7.58. The Balaban J connectivity index is 1.85. The molecule has 5 nitrogen and oxygen atoms in total. The average Bonchev–Trinajstić information content (AvgIpc) is 2.85. The first-order valence-corrected chi connectivity index (χ1v) is 7.58. The molecule has 1 N–H and O–H groups in total. The van der Waals surface area contributed by atoms with E-state index in [4.69, 9.17) is 4.74 Å². The van der Waals surface area contributed by atoms with Crippen LogP contribution in [0.1, 0.15) is 18.1 Å². The van der Waals surface area contributed by atoms with Crippen molar-refractivity contribution in [3.63, 3.8) is 0 Å². The van der Waals surface area contributed by atoms with Crippen molar-refractivity contribution in [2.75, 3.05) is 7.11 Å². The average molecular weight is 322 g/mol. The summed E-state index contributed by atoms with van der Waals surface area (Å²) in [4.78, 5) is 12.6. The number of aromatic hydroxyl groups is 1. The van der Waals surface area contributed by atoms with Crippen LogP contribution in [-0.4, -0.2) is 28.8 Å². The van der Waals surface area contributed by atoms with Gasteiger partial charge in [0.15, 0.2) is 11.5 Å². The molecule has 24 heavy (non-hydrogen) atoms. The molecule has 0 saturated heterocycles. The van der Waals surface area contributed by atoms with E-state index in [0.29, 0.717) is 23.6 Å². The Kier molecular flexibility index (Phi) is 4.33. The van der Waals surface area contributed by atoms with Crippen molar-refractivity contribution < 1.29 is 14.6 Å².